The minimum atomic E-state index is -0.481. The summed E-state index contributed by atoms with van der Waals surface area (Å²) in [4.78, 5) is 10.8. The lowest BCUT2D eigenvalue weighted by Crippen LogP contribution is -2.30. The largest absolute Gasteiger partial charge is 0.433 e. The van der Waals surface area contributed by atoms with E-state index in [9.17, 15) is 4.79 Å². The number of esters is 1. The van der Waals surface area contributed by atoms with E-state index in [2.05, 4.69) is 6.58 Å². The van der Waals surface area contributed by atoms with Crippen LogP contribution in [0.1, 0.15) is 34.1 Å². The highest BCUT2D eigenvalue weighted by atomic mass is 16.7. The Morgan fingerprint density at radius 1 is 1.54 bits per heavy atom. The lowest BCUT2D eigenvalue weighted by Gasteiger charge is -2.25. The molecule has 0 bridgehead atoms. The Kier molecular flexibility index (Phi) is 4.70. The van der Waals surface area contributed by atoms with Crippen LogP contribution in [0.3, 0.4) is 0 Å². The molecule has 0 radical (unpaired) electrons. The second-order valence-corrected chi connectivity index (χ2v) is 3.71. The second kappa shape index (κ2) is 5.02. The minimum Gasteiger partial charge on any atom is -0.433 e. The first-order valence-electron chi connectivity index (χ1n) is 4.40. The van der Waals surface area contributed by atoms with Crippen LogP contribution in [0.2, 0.25) is 0 Å². The lowest BCUT2D eigenvalue weighted by molar-refractivity contribution is -0.199. The van der Waals surface area contributed by atoms with Gasteiger partial charge in [-0.2, -0.15) is 0 Å². The molecule has 0 aromatic rings. The molecule has 3 nitrogen and oxygen atoms in total. The summed E-state index contributed by atoms with van der Waals surface area (Å²) >= 11 is 0. The van der Waals surface area contributed by atoms with Crippen molar-refractivity contribution in [3.63, 3.8) is 0 Å². The lowest BCUT2D eigenvalue weighted by atomic mass is 10.2. The van der Waals surface area contributed by atoms with E-state index in [-0.39, 0.29) is 5.60 Å². The van der Waals surface area contributed by atoms with Crippen LogP contribution in [0.15, 0.2) is 12.7 Å². The maximum atomic E-state index is 10.8. The van der Waals surface area contributed by atoms with E-state index in [0.717, 1.165) is 6.08 Å². The molecule has 3 heteroatoms. The van der Waals surface area contributed by atoms with Crippen LogP contribution in [0.5, 0.6) is 0 Å². The second-order valence-electron chi connectivity index (χ2n) is 3.71. The van der Waals surface area contributed by atoms with Gasteiger partial charge in [-0.1, -0.05) is 13.5 Å². The standard InChI is InChI=1S/C10H18O3/c1-6-8(11)12-9(7-2)13-10(3,4)5/h6,9H,1,7H2,2-5H3. The Labute approximate surface area is 79.7 Å². The van der Waals surface area contributed by atoms with Gasteiger partial charge in [0.15, 0.2) is 0 Å². The van der Waals surface area contributed by atoms with Crippen molar-refractivity contribution in [1.29, 1.82) is 0 Å². The summed E-state index contributed by atoms with van der Waals surface area (Å²) in [5, 5.41) is 0. The van der Waals surface area contributed by atoms with E-state index in [1.165, 1.54) is 0 Å². The van der Waals surface area contributed by atoms with Gasteiger partial charge < -0.3 is 9.47 Å². The highest BCUT2D eigenvalue weighted by Crippen LogP contribution is 2.13. The van der Waals surface area contributed by atoms with Crippen LogP contribution >= 0.6 is 0 Å². The van der Waals surface area contributed by atoms with Gasteiger partial charge in [-0.15, -0.1) is 0 Å². The Hall–Kier alpha value is -0.830. The van der Waals surface area contributed by atoms with Gasteiger partial charge >= 0.3 is 5.97 Å². The molecule has 0 heterocycles. The van der Waals surface area contributed by atoms with Gasteiger partial charge in [0.1, 0.15) is 0 Å². The minimum absolute atomic E-state index is 0.303. The number of ether oxygens (including phenoxy) is 2. The fourth-order valence-electron chi connectivity index (χ4n) is 0.763. The van der Waals surface area contributed by atoms with Gasteiger partial charge in [-0.3, -0.25) is 0 Å². The molecule has 0 spiro atoms. The maximum Gasteiger partial charge on any atom is 0.332 e. The van der Waals surface area contributed by atoms with Crippen molar-refractivity contribution in [3.8, 4) is 0 Å². The molecule has 1 atom stereocenters. The molecule has 0 fully saturated rings. The number of carbonyl (C=O) groups is 1. The normalized spacial score (nSPS) is 13.5. The van der Waals surface area contributed by atoms with Crippen LogP contribution < -0.4 is 0 Å². The fourth-order valence-corrected chi connectivity index (χ4v) is 0.763. The predicted octanol–water partition coefficient (Wildman–Crippen LogP) is 2.27. The summed E-state index contributed by atoms with van der Waals surface area (Å²) in [6.07, 6.45) is 1.29. The number of hydrogen-bond acceptors (Lipinski definition) is 3. The van der Waals surface area contributed by atoms with E-state index >= 15 is 0 Å². The van der Waals surface area contributed by atoms with Crippen molar-refractivity contribution < 1.29 is 14.3 Å². The van der Waals surface area contributed by atoms with Gasteiger partial charge in [-0.25, -0.2) is 4.79 Å². The smallest absolute Gasteiger partial charge is 0.332 e. The summed E-state index contributed by atoms with van der Waals surface area (Å²) in [7, 11) is 0. The van der Waals surface area contributed by atoms with Crippen LogP contribution in [0, 0.1) is 0 Å². The molecule has 0 N–H and O–H groups in total. The summed E-state index contributed by atoms with van der Waals surface area (Å²) in [6, 6.07) is 0. The first-order chi connectivity index (χ1) is 5.89. The van der Waals surface area contributed by atoms with E-state index < -0.39 is 12.3 Å². The van der Waals surface area contributed by atoms with Crippen LogP contribution in [-0.4, -0.2) is 17.9 Å². The topological polar surface area (TPSA) is 35.5 Å². The Morgan fingerprint density at radius 2 is 2.08 bits per heavy atom. The molecule has 0 aliphatic heterocycles. The highest BCUT2D eigenvalue weighted by molar-refractivity contribution is 5.81. The SMILES string of the molecule is C=CC(=O)OC(CC)OC(C)(C)C. The molecule has 0 aliphatic carbocycles. The van der Waals surface area contributed by atoms with E-state index in [1.807, 2.05) is 27.7 Å². The maximum absolute atomic E-state index is 10.8. The molecule has 76 valence electrons. The number of rotatable bonds is 4. The van der Waals surface area contributed by atoms with Gasteiger partial charge in [0.05, 0.1) is 5.60 Å². The van der Waals surface area contributed by atoms with Gasteiger partial charge in [0.2, 0.25) is 6.29 Å². The summed E-state index contributed by atoms with van der Waals surface area (Å²) in [6.45, 7) is 11.0. The first-order valence-corrected chi connectivity index (χ1v) is 4.40. The third kappa shape index (κ3) is 6.34. The van der Waals surface area contributed by atoms with Crippen molar-refractivity contribution in [2.45, 2.75) is 46.0 Å². The average molecular weight is 186 g/mol. The summed E-state index contributed by atoms with van der Waals surface area (Å²) < 4.78 is 10.4. The molecule has 0 aromatic heterocycles. The molecule has 1 unspecified atom stereocenters. The average Bonchev–Trinajstić information content (AvgIpc) is 2.00. The highest BCUT2D eigenvalue weighted by Gasteiger charge is 2.19. The predicted molar refractivity (Wildman–Crippen MR) is 51.2 cm³/mol. The monoisotopic (exact) mass is 186 g/mol. The van der Waals surface area contributed by atoms with Gasteiger partial charge in [0, 0.05) is 12.5 Å². The van der Waals surface area contributed by atoms with Crippen LogP contribution in [0.4, 0.5) is 0 Å². The third-order valence-electron chi connectivity index (χ3n) is 1.23. The van der Waals surface area contributed by atoms with Crippen LogP contribution in [0.25, 0.3) is 0 Å². The number of hydrogen-bond donors (Lipinski definition) is 0. The molecule has 0 aliphatic rings. The zero-order valence-electron chi connectivity index (χ0n) is 8.79. The summed E-state index contributed by atoms with van der Waals surface area (Å²) in [5.74, 6) is -0.448. The third-order valence-corrected chi connectivity index (χ3v) is 1.23. The fraction of sp³-hybridized carbons (Fsp3) is 0.700. The molecular formula is C10H18O3. The Bertz CT molecular complexity index is 179. The zero-order chi connectivity index (χ0) is 10.5. The molecule has 0 saturated carbocycles. The molecule has 0 aromatic carbocycles. The van der Waals surface area contributed by atoms with Crippen molar-refractivity contribution in [2.24, 2.45) is 0 Å². The molecule has 0 rings (SSSR count). The van der Waals surface area contributed by atoms with Crippen molar-refractivity contribution in [2.75, 3.05) is 0 Å². The zero-order valence-corrected chi connectivity index (χ0v) is 8.79. The van der Waals surface area contributed by atoms with Gasteiger partial charge in [0.25, 0.3) is 0 Å². The number of carbonyl (C=O) groups excluding carboxylic acids is 1. The van der Waals surface area contributed by atoms with E-state index in [0.29, 0.717) is 6.42 Å². The Balaban J connectivity index is 4.04. The van der Waals surface area contributed by atoms with Crippen molar-refractivity contribution in [1.82, 2.24) is 0 Å². The summed E-state index contributed by atoms with van der Waals surface area (Å²) in [5.41, 5.74) is -0.303. The van der Waals surface area contributed by atoms with Crippen LogP contribution in [-0.2, 0) is 14.3 Å². The first kappa shape index (κ1) is 12.2. The molecule has 13 heavy (non-hydrogen) atoms. The van der Waals surface area contributed by atoms with E-state index in [1.54, 1.807) is 0 Å². The van der Waals surface area contributed by atoms with Gasteiger partial charge in [-0.05, 0) is 20.8 Å². The molecule has 0 amide bonds. The van der Waals surface area contributed by atoms with Crippen molar-refractivity contribution in [3.05, 3.63) is 12.7 Å². The Morgan fingerprint density at radius 3 is 2.38 bits per heavy atom. The molecular weight excluding hydrogens is 168 g/mol. The van der Waals surface area contributed by atoms with Crippen molar-refractivity contribution >= 4 is 5.97 Å². The van der Waals surface area contributed by atoms with E-state index in [4.69, 9.17) is 9.47 Å². The quantitative estimate of drug-likeness (QED) is 0.384. The molecule has 0 saturated heterocycles.